The highest BCUT2D eigenvalue weighted by Crippen LogP contribution is 2.31. The first-order chi connectivity index (χ1) is 10.5. The number of nitrogens with zero attached hydrogens (tertiary/aromatic N) is 2. The molecule has 0 N–H and O–H groups in total. The molecule has 0 bridgehead atoms. The number of ether oxygens (including phenoxy) is 1. The van der Waals surface area contributed by atoms with E-state index in [0.717, 1.165) is 22.2 Å². The lowest BCUT2D eigenvalue weighted by molar-refractivity contribution is -0.147. The average Bonchev–Trinajstić information content (AvgIpc) is 2.74. The monoisotopic (exact) mass is 320 g/mol. The first-order valence-electron chi connectivity index (χ1n) is 6.78. The third-order valence-corrected chi connectivity index (χ3v) is 3.65. The molecule has 0 aliphatic carbocycles. The summed E-state index contributed by atoms with van der Waals surface area (Å²) in [5.41, 5.74) is 0.767. The zero-order valence-electron chi connectivity index (χ0n) is 12.3. The number of thioether (sulfide) groups is 1. The molecule has 1 aliphatic heterocycles. The molecule has 1 saturated heterocycles. The van der Waals surface area contributed by atoms with E-state index in [9.17, 15) is 14.4 Å². The van der Waals surface area contributed by atoms with E-state index >= 15 is 0 Å². The molecule has 6 nitrogen and oxygen atoms in total. The fourth-order valence-corrected chi connectivity index (χ4v) is 2.52. The van der Waals surface area contributed by atoms with Crippen LogP contribution in [0.5, 0.6) is 0 Å². The maximum Gasteiger partial charge on any atom is 0.326 e. The van der Waals surface area contributed by atoms with E-state index in [1.165, 1.54) is 0 Å². The second-order valence-corrected chi connectivity index (χ2v) is 6.12. The molecule has 2 heterocycles. The van der Waals surface area contributed by atoms with Crippen molar-refractivity contribution >= 4 is 35.0 Å². The number of carbonyl (C=O) groups is 3. The van der Waals surface area contributed by atoms with Crippen molar-refractivity contribution < 1.29 is 19.1 Å². The molecule has 0 atom stereocenters. The Balaban J connectivity index is 2.03. The number of aromatic nitrogens is 1. The number of hydrogen-bond acceptors (Lipinski definition) is 6. The van der Waals surface area contributed by atoms with E-state index in [1.807, 2.05) is 13.8 Å². The number of hydrogen-bond donors (Lipinski definition) is 0. The van der Waals surface area contributed by atoms with Crippen LogP contribution in [0.3, 0.4) is 0 Å². The van der Waals surface area contributed by atoms with Crippen LogP contribution in [0.25, 0.3) is 6.08 Å². The molecule has 1 aliphatic rings. The highest BCUT2D eigenvalue weighted by Gasteiger charge is 2.36. The summed E-state index contributed by atoms with van der Waals surface area (Å²) >= 11 is 0.813. The molecule has 0 radical (unpaired) electrons. The van der Waals surface area contributed by atoms with Crippen molar-refractivity contribution in [3.05, 3.63) is 35.0 Å². The van der Waals surface area contributed by atoms with Crippen LogP contribution < -0.4 is 0 Å². The minimum Gasteiger partial charge on any atom is -0.464 e. The molecule has 1 fully saturated rings. The quantitative estimate of drug-likeness (QED) is 0.612. The van der Waals surface area contributed by atoms with Crippen LogP contribution in [-0.4, -0.2) is 40.2 Å². The van der Waals surface area contributed by atoms with E-state index in [-0.39, 0.29) is 24.0 Å². The summed E-state index contributed by atoms with van der Waals surface area (Å²) in [4.78, 5) is 40.8. The van der Waals surface area contributed by atoms with Crippen molar-refractivity contribution in [1.29, 1.82) is 0 Å². The van der Waals surface area contributed by atoms with Gasteiger partial charge in [0.05, 0.1) is 11.5 Å². The number of carbonyl (C=O) groups excluding carboxylic acids is 3. The number of pyridine rings is 1. The van der Waals surface area contributed by atoms with Gasteiger partial charge in [0.25, 0.3) is 11.1 Å². The summed E-state index contributed by atoms with van der Waals surface area (Å²) in [7, 11) is 0. The second kappa shape index (κ2) is 7.22. The predicted octanol–water partition coefficient (Wildman–Crippen LogP) is 2.32. The Kier molecular flexibility index (Phi) is 5.32. The maximum atomic E-state index is 12.2. The molecular weight excluding hydrogens is 304 g/mol. The molecule has 7 heteroatoms. The Hall–Kier alpha value is -2.15. The summed E-state index contributed by atoms with van der Waals surface area (Å²) < 4.78 is 4.99. The molecule has 2 rings (SSSR count). The van der Waals surface area contributed by atoms with Gasteiger partial charge in [-0.3, -0.25) is 24.3 Å². The number of rotatable bonds is 5. The first kappa shape index (κ1) is 16.2. The summed E-state index contributed by atoms with van der Waals surface area (Å²) in [5.74, 6) is -0.861. The Morgan fingerprint density at radius 2 is 2.05 bits per heavy atom. The molecule has 22 heavy (non-hydrogen) atoms. The van der Waals surface area contributed by atoms with Gasteiger partial charge in [0, 0.05) is 12.4 Å². The van der Waals surface area contributed by atoms with Crippen molar-refractivity contribution in [2.24, 2.45) is 5.92 Å². The zero-order chi connectivity index (χ0) is 16.1. The van der Waals surface area contributed by atoms with Gasteiger partial charge >= 0.3 is 5.97 Å². The largest absolute Gasteiger partial charge is 0.464 e. The standard InChI is InChI=1S/C15H16N2O4S/c1-10(2)9-21-13(18)8-17-14(19)12(22-15(17)20)7-11-3-5-16-6-4-11/h3-7,10H,8-9H2,1-2H3/b12-7+. The lowest BCUT2D eigenvalue weighted by Crippen LogP contribution is -2.34. The zero-order valence-corrected chi connectivity index (χ0v) is 13.1. The Bertz CT molecular complexity index is 613. The summed E-state index contributed by atoms with van der Waals surface area (Å²) in [6.07, 6.45) is 4.80. The Labute approximate surface area is 132 Å². The topological polar surface area (TPSA) is 76.6 Å². The lowest BCUT2D eigenvalue weighted by Gasteiger charge is -2.12. The summed E-state index contributed by atoms with van der Waals surface area (Å²) in [6.45, 7) is 3.72. The maximum absolute atomic E-state index is 12.2. The van der Waals surface area contributed by atoms with Gasteiger partial charge in [-0.05, 0) is 41.5 Å². The lowest BCUT2D eigenvalue weighted by atomic mass is 10.2. The van der Waals surface area contributed by atoms with Gasteiger partial charge in [0.15, 0.2) is 0 Å². The molecule has 0 aromatic carbocycles. The molecule has 1 aromatic rings. The molecule has 2 amide bonds. The van der Waals surface area contributed by atoms with Crippen LogP contribution >= 0.6 is 11.8 Å². The molecule has 116 valence electrons. The third kappa shape index (κ3) is 4.17. The molecular formula is C15H16N2O4S. The van der Waals surface area contributed by atoms with E-state index in [1.54, 1.807) is 30.6 Å². The molecule has 1 aromatic heterocycles. The Morgan fingerprint density at radius 3 is 2.68 bits per heavy atom. The minimum absolute atomic E-state index is 0.199. The van der Waals surface area contributed by atoms with Crippen molar-refractivity contribution in [3.8, 4) is 0 Å². The van der Waals surface area contributed by atoms with Crippen molar-refractivity contribution in [2.45, 2.75) is 13.8 Å². The van der Waals surface area contributed by atoms with Crippen LogP contribution in [0.2, 0.25) is 0 Å². The minimum atomic E-state index is -0.582. The highest BCUT2D eigenvalue weighted by atomic mass is 32.2. The summed E-state index contributed by atoms with van der Waals surface area (Å²) in [5, 5.41) is -0.466. The number of amides is 2. The van der Waals surface area contributed by atoms with E-state index < -0.39 is 17.1 Å². The van der Waals surface area contributed by atoms with Crippen LogP contribution in [0.4, 0.5) is 4.79 Å². The van der Waals surface area contributed by atoms with E-state index in [2.05, 4.69) is 4.98 Å². The fraction of sp³-hybridized carbons (Fsp3) is 0.333. The molecule has 0 spiro atoms. The Morgan fingerprint density at radius 1 is 1.36 bits per heavy atom. The normalized spacial score (nSPS) is 16.7. The van der Waals surface area contributed by atoms with Gasteiger partial charge in [-0.2, -0.15) is 0 Å². The van der Waals surface area contributed by atoms with E-state index in [0.29, 0.717) is 0 Å². The van der Waals surface area contributed by atoms with E-state index in [4.69, 9.17) is 4.74 Å². The van der Waals surface area contributed by atoms with Crippen LogP contribution in [-0.2, 0) is 14.3 Å². The van der Waals surface area contributed by atoms with Gasteiger partial charge < -0.3 is 4.74 Å². The molecule has 0 unspecified atom stereocenters. The average molecular weight is 320 g/mol. The van der Waals surface area contributed by atoms with Gasteiger partial charge in [0.2, 0.25) is 0 Å². The second-order valence-electron chi connectivity index (χ2n) is 5.13. The highest BCUT2D eigenvalue weighted by molar-refractivity contribution is 8.18. The molecule has 0 saturated carbocycles. The van der Waals surface area contributed by atoms with Crippen molar-refractivity contribution in [2.75, 3.05) is 13.2 Å². The van der Waals surface area contributed by atoms with Gasteiger partial charge in [-0.25, -0.2) is 0 Å². The van der Waals surface area contributed by atoms with Gasteiger partial charge in [-0.1, -0.05) is 13.8 Å². The number of esters is 1. The smallest absolute Gasteiger partial charge is 0.326 e. The van der Waals surface area contributed by atoms with Gasteiger partial charge in [0.1, 0.15) is 6.54 Å². The van der Waals surface area contributed by atoms with Crippen molar-refractivity contribution in [1.82, 2.24) is 9.88 Å². The first-order valence-corrected chi connectivity index (χ1v) is 7.60. The van der Waals surface area contributed by atoms with Gasteiger partial charge in [-0.15, -0.1) is 0 Å². The van der Waals surface area contributed by atoms with Crippen LogP contribution in [0.1, 0.15) is 19.4 Å². The van der Waals surface area contributed by atoms with Crippen LogP contribution in [0, 0.1) is 5.92 Å². The van der Waals surface area contributed by atoms with Crippen LogP contribution in [0.15, 0.2) is 29.4 Å². The third-order valence-electron chi connectivity index (χ3n) is 2.74. The van der Waals surface area contributed by atoms with Crippen molar-refractivity contribution in [3.63, 3.8) is 0 Å². The number of imide groups is 1. The summed E-state index contributed by atoms with van der Waals surface area (Å²) in [6, 6.07) is 3.45. The predicted molar refractivity (Wildman–Crippen MR) is 82.7 cm³/mol. The fourth-order valence-electron chi connectivity index (χ4n) is 1.68. The SMILES string of the molecule is CC(C)COC(=O)CN1C(=O)S/C(=C/c2ccncc2)C1=O.